The van der Waals surface area contributed by atoms with Gasteiger partial charge >= 0.3 is 6.09 Å². The lowest BCUT2D eigenvalue weighted by Crippen LogP contribution is -2.53. The van der Waals surface area contributed by atoms with Crippen molar-refractivity contribution in [2.75, 3.05) is 26.2 Å². The summed E-state index contributed by atoms with van der Waals surface area (Å²) in [5.41, 5.74) is -0.535. The molecule has 1 N–H and O–H groups in total. The van der Waals surface area contributed by atoms with Gasteiger partial charge in [0.05, 0.1) is 0 Å². The fraction of sp³-hybridized carbons (Fsp3) is 0.882. The Morgan fingerprint density at radius 1 is 1.22 bits per heavy atom. The van der Waals surface area contributed by atoms with Gasteiger partial charge in [-0.25, -0.2) is 4.79 Å². The molecule has 0 aromatic rings. The molecular formula is C17H31N3O3. The molecule has 0 aromatic carbocycles. The predicted molar refractivity (Wildman–Crippen MR) is 89.2 cm³/mol. The SMILES string of the molecule is CCN(C(=O)[C@@H]1CCCN1C(=O)OC(C)(C)C)C1CCNCC1. The van der Waals surface area contributed by atoms with Gasteiger partial charge in [-0.15, -0.1) is 0 Å². The van der Waals surface area contributed by atoms with E-state index in [9.17, 15) is 9.59 Å². The van der Waals surface area contributed by atoms with E-state index in [4.69, 9.17) is 4.74 Å². The molecule has 2 fully saturated rings. The van der Waals surface area contributed by atoms with Crippen LogP contribution in [0.25, 0.3) is 0 Å². The van der Waals surface area contributed by atoms with Crippen LogP contribution >= 0.6 is 0 Å². The number of carbonyl (C=O) groups excluding carboxylic acids is 2. The van der Waals surface area contributed by atoms with E-state index < -0.39 is 5.60 Å². The van der Waals surface area contributed by atoms with Crippen molar-refractivity contribution < 1.29 is 14.3 Å². The number of rotatable bonds is 3. The van der Waals surface area contributed by atoms with Crippen LogP contribution < -0.4 is 5.32 Å². The van der Waals surface area contributed by atoms with E-state index in [0.717, 1.165) is 38.8 Å². The van der Waals surface area contributed by atoms with Gasteiger partial charge in [-0.3, -0.25) is 9.69 Å². The van der Waals surface area contributed by atoms with Crippen LogP contribution in [0.15, 0.2) is 0 Å². The number of nitrogens with one attached hydrogen (secondary N) is 1. The first kappa shape index (κ1) is 18.0. The molecule has 132 valence electrons. The zero-order valence-corrected chi connectivity index (χ0v) is 14.9. The van der Waals surface area contributed by atoms with Crippen molar-refractivity contribution in [3.8, 4) is 0 Å². The molecule has 0 saturated carbocycles. The van der Waals surface area contributed by atoms with Crippen LogP contribution in [0.2, 0.25) is 0 Å². The molecule has 0 spiro atoms. The third kappa shape index (κ3) is 4.59. The largest absolute Gasteiger partial charge is 0.444 e. The number of carbonyl (C=O) groups is 2. The maximum Gasteiger partial charge on any atom is 0.410 e. The van der Waals surface area contributed by atoms with E-state index in [0.29, 0.717) is 13.1 Å². The standard InChI is InChI=1S/C17H31N3O3/c1-5-19(13-8-10-18-11-9-13)15(21)14-7-6-12-20(14)16(22)23-17(2,3)4/h13-14,18H,5-12H2,1-4H3/t14-/m0/s1. The number of hydrogen-bond donors (Lipinski definition) is 1. The summed E-state index contributed by atoms with van der Waals surface area (Å²) in [7, 11) is 0. The number of amides is 2. The molecule has 0 aromatic heterocycles. The van der Waals surface area contributed by atoms with Crippen molar-refractivity contribution in [2.45, 2.75) is 71.1 Å². The molecule has 2 saturated heterocycles. The Morgan fingerprint density at radius 2 is 1.87 bits per heavy atom. The van der Waals surface area contributed by atoms with E-state index >= 15 is 0 Å². The number of piperidine rings is 1. The fourth-order valence-electron chi connectivity index (χ4n) is 3.47. The second kappa shape index (κ2) is 7.51. The van der Waals surface area contributed by atoms with Gasteiger partial charge in [0, 0.05) is 19.1 Å². The van der Waals surface area contributed by atoms with Gasteiger partial charge in [0.2, 0.25) is 5.91 Å². The van der Waals surface area contributed by atoms with Crippen molar-refractivity contribution in [2.24, 2.45) is 0 Å². The van der Waals surface area contributed by atoms with Crippen molar-refractivity contribution >= 4 is 12.0 Å². The van der Waals surface area contributed by atoms with Crippen LogP contribution in [0, 0.1) is 0 Å². The maximum atomic E-state index is 13.0. The molecule has 6 heteroatoms. The van der Waals surface area contributed by atoms with E-state index in [-0.39, 0.29) is 24.1 Å². The molecule has 2 aliphatic rings. The highest BCUT2D eigenvalue weighted by Crippen LogP contribution is 2.24. The number of hydrogen-bond acceptors (Lipinski definition) is 4. The number of likely N-dealkylation sites (tertiary alicyclic amines) is 1. The molecule has 2 rings (SSSR count). The second-order valence-electron chi connectivity index (χ2n) is 7.44. The minimum Gasteiger partial charge on any atom is -0.444 e. The molecule has 2 heterocycles. The highest BCUT2D eigenvalue weighted by Gasteiger charge is 2.39. The van der Waals surface area contributed by atoms with Crippen LogP contribution in [-0.4, -0.2) is 65.7 Å². The van der Waals surface area contributed by atoms with Crippen molar-refractivity contribution in [1.29, 1.82) is 0 Å². The lowest BCUT2D eigenvalue weighted by atomic mass is 10.0. The highest BCUT2D eigenvalue weighted by atomic mass is 16.6. The summed E-state index contributed by atoms with van der Waals surface area (Å²) in [5.74, 6) is 0.0859. The first-order valence-electron chi connectivity index (χ1n) is 8.84. The fourth-order valence-corrected chi connectivity index (χ4v) is 3.47. The number of nitrogens with zero attached hydrogens (tertiary/aromatic N) is 2. The van der Waals surface area contributed by atoms with Crippen LogP contribution in [0.4, 0.5) is 4.79 Å². The van der Waals surface area contributed by atoms with Crippen molar-refractivity contribution in [1.82, 2.24) is 15.1 Å². The molecule has 0 aliphatic carbocycles. The average Bonchev–Trinajstić information content (AvgIpc) is 2.97. The molecule has 2 aliphatic heterocycles. The summed E-state index contributed by atoms with van der Waals surface area (Å²) >= 11 is 0. The van der Waals surface area contributed by atoms with Crippen LogP contribution in [0.3, 0.4) is 0 Å². The quantitative estimate of drug-likeness (QED) is 0.862. The normalized spacial score (nSPS) is 23.0. The minimum absolute atomic E-state index is 0.0859. The first-order chi connectivity index (χ1) is 10.8. The summed E-state index contributed by atoms with van der Waals surface area (Å²) in [6.07, 6.45) is 3.20. The zero-order chi connectivity index (χ0) is 17.0. The highest BCUT2D eigenvalue weighted by molar-refractivity contribution is 5.86. The summed E-state index contributed by atoms with van der Waals surface area (Å²) in [4.78, 5) is 29.0. The molecule has 2 amide bonds. The Balaban J connectivity index is 2.05. The van der Waals surface area contributed by atoms with Gasteiger partial charge < -0.3 is 15.0 Å². The van der Waals surface area contributed by atoms with Crippen molar-refractivity contribution in [3.05, 3.63) is 0 Å². The van der Waals surface area contributed by atoms with E-state index in [1.54, 1.807) is 4.90 Å². The van der Waals surface area contributed by atoms with Crippen LogP contribution in [0.1, 0.15) is 53.4 Å². The lowest BCUT2D eigenvalue weighted by Gasteiger charge is -2.37. The molecule has 0 radical (unpaired) electrons. The monoisotopic (exact) mass is 325 g/mol. The first-order valence-corrected chi connectivity index (χ1v) is 8.84. The van der Waals surface area contributed by atoms with E-state index in [1.165, 1.54) is 0 Å². The summed E-state index contributed by atoms with van der Waals surface area (Å²) in [6, 6.07) is -0.0745. The van der Waals surface area contributed by atoms with Gasteiger partial charge in [0.25, 0.3) is 0 Å². The minimum atomic E-state index is -0.535. The smallest absolute Gasteiger partial charge is 0.410 e. The third-order valence-corrected chi connectivity index (χ3v) is 4.54. The summed E-state index contributed by atoms with van der Waals surface area (Å²) < 4.78 is 5.47. The van der Waals surface area contributed by atoms with Gasteiger partial charge in [0.15, 0.2) is 0 Å². The van der Waals surface area contributed by atoms with Crippen LogP contribution in [0.5, 0.6) is 0 Å². The second-order valence-corrected chi connectivity index (χ2v) is 7.44. The Kier molecular flexibility index (Phi) is 5.89. The van der Waals surface area contributed by atoms with E-state index in [1.807, 2.05) is 32.6 Å². The number of likely N-dealkylation sites (N-methyl/N-ethyl adjacent to an activating group) is 1. The summed E-state index contributed by atoms with van der Waals surface area (Å²) in [5, 5.41) is 3.33. The van der Waals surface area contributed by atoms with Gasteiger partial charge in [-0.2, -0.15) is 0 Å². The topological polar surface area (TPSA) is 61.9 Å². The maximum absolute atomic E-state index is 13.0. The molecule has 6 nitrogen and oxygen atoms in total. The number of ether oxygens (including phenoxy) is 1. The molecule has 23 heavy (non-hydrogen) atoms. The van der Waals surface area contributed by atoms with Crippen LogP contribution in [-0.2, 0) is 9.53 Å². The van der Waals surface area contributed by atoms with Crippen molar-refractivity contribution in [3.63, 3.8) is 0 Å². The Hall–Kier alpha value is -1.30. The Bertz CT molecular complexity index is 427. The molecule has 0 bridgehead atoms. The Morgan fingerprint density at radius 3 is 2.43 bits per heavy atom. The average molecular weight is 325 g/mol. The molecule has 0 unspecified atom stereocenters. The van der Waals surface area contributed by atoms with Gasteiger partial charge in [-0.1, -0.05) is 0 Å². The molecule has 1 atom stereocenters. The van der Waals surface area contributed by atoms with E-state index in [2.05, 4.69) is 5.32 Å². The third-order valence-electron chi connectivity index (χ3n) is 4.54. The lowest BCUT2D eigenvalue weighted by molar-refractivity contribution is -0.138. The van der Waals surface area contributed by atoms with Gasteiger partial charge in [0.1, 0.15) is 11.6 Å². The predicted octanol–water partition coefficient (Wildman–Crippen LogP) is 1.99. The Labute approximate surface area is 139 Å². The summed E-state index contributed by atoms with van der Waals surface area (Å²) in [6.45, 7) is 10.8. The molecular weight excluding hydrogens is 294 g/mol. The van der Waals surface area contributed by atoms with Gasteiger partial charge in [-0.05, 0) is 66.5 Å². The zero-order valence-electron chi connectivity index (χ0n) is 14.9.